The maximum absolute atomic E-state index is 11.8. The standard InChI is InChI=1S/C14H16O3/c15-12-9-5-2-6-10-13(12)17-14(16)11-7-3-1-4-8-11/h1,3-4,7-8,13H,2,5-6,9-10H2/t13-/m0/s1. The number of carbonyl (C=O) groups is 2. The van der Waals surface area contributed by atoms with Gasteiger partial charge in [0.2, 0.25) is 0 Å². The second kappa shape index (κ2) is 5.62. The number of ether oxygens (including phenoxy) is 1. The first-order chi connectivity index (χ1) is 8.27. The van der Waals surface area contributed by atoms with Gasteiger partial charge in [-0.05, 0) is 31.4 Å². The molecule has 0 bridgehead atoms. The minimum Gasteiger partial charge on any atom is -0.451 e. The Kier molecular flexibility index (Phi) is 3.91. The van der Waals surface area contributed by atoms with Crippen LogP contribution >= 0.6 is 0 Å². The Morgan fingerprint density at radius 1 is 1.12 bits per heavy atom. The van der Waals surface area contributed by atoms with Crippen molar-refractivity contribution in [3.63, 3.8) is 0 Å². The van der Waals surface area contributed by atoms with Gasteiger partial charge in [-0.3, -0.25) is 4.79 Å². The summed E-state index contributed by atoms with van der Waals surface area (Å²) in [5.41, 5.74) is 0.504. The molecule has 2 rings (SSSR count). The Bertz CT molecular complexity index is 397. The van der Waals surface area contributed by atoms with Crippen LogP contribution in [0.4, 0.5) is 0 Å². The number of carbonyl (C=O) groups excluding carboxylic acids is 2. The lowest BCUT2D eigenvalue weighted by atomic mass is 10.1. The van der Waals surface area contributed by atoms with Crippen LogP contribution in [0.1, 0.15) is 42.5 Å². The summed E-state index contributed by atoms with van der Waals surface area (Å²) >= 11 is 0. The van der Waals surface area contributed by atoms with Crippen LogP contribution in [0.25, 0.3) is 0 Å². The Balaban J connectivity index is 2.00. The van der Waals surface area contributed by atoms with E-state index in [0.29, 0.717) is 18.4 Å². The molecule has 0 spiro atoms. The summed E-state index contributed by atoms with van der Waals surface area (Å²) < 4.78 is 5.28. The van der Waals surface area contributed by atoms with Crippen LogP contribution in [0, 0.1) is 0 Å². The van der Waals surface area contributed by atoms with Gasteiger partial charge in [0, 0.05) is 6.42 Å². The maximum Gasteiger partial charge on any atom is 0.338 e. The molecule has 0 amide bonds. The third-order valence-corrected chi connectivity index (χ3v) is 3.01. The van der Waals surface area contributed by atoms with Gasteiger partial charge in [0.05, 0.1) is 5.56 Å². The Morgan fingerprint density at radius 2 is 1.88 bits per heavy atom. The number of benzene rings is 1. The average Bonchev–Trinajstić information content (AvgIpc) is 2.56. The molecule has 1 fully saturated rings. The Labute approximate surface area is 101 Å². The van der Waals surface area contributed by atoms with Gasteiger partial charge in [0.1, 0.15) is 0 Å². The van der Waals surface area contributed by atoms with Gasteiger partial charge >= 0.3 is 5.97 Å². The van der Waals surface area contributed by atoms with Crippen molar-refractivity contribution >= 4 is 11.8 Å². The molecule has 3 nitrogen and oxygen atoms in total. The summed E-state index contributed by atoms with van der Waals surface area (Å²) in [6, 6.07) is 8.80. The van der Waals surface area contributed by atoms with Crippen molar-refractivity contribution in [1.82, 2.24) is 0 Å². The van der Waals surface area contributed by atoms with E-state index in [4.69, 9.17) is 4.74 Å². The van der Waals surface area contributed by atoms with Gasteiger partial charge in [-0.2, -0.15) is 0 Å². The molecule has 0 heterocycles. The first-order valence-electron chi connectivity index (χ1n) is 6.06. The van der Waals surface area contributed by atoms with E-state index in [9.17, 15) is 9.59 Å². The van der Waals surface area contributed by atoms with E-state index in [-0.39, 0.29) is 5.78 Å². The van der Waals surface area contributed by atoms with Crippen LogP contribution in [-0.4, -0.2) is 17.9 Å². The van der Waals surface area contributed by atoms with Crippen LogP contribution in [0.5, 0.6) is 0 Å². The van der Waals surface area contributed by atoms with E-state index in [1.54, 1.807) is 24.3 Å². The summed E-state index contributed by atoms with van der Waals surface area (Å²) in [6.07, 6.45) is 3.58. The van der Waals surface area contributed by atoms with E-state index in [1.807, 2.05) is 6.07 Å². The van der Waals surface area contributed by atoms with E-state index < -0.39 is 12.1 Å². The van der Waals surface area contributed by atoms with Crippen molar-refractivity contribution in [3.05, 3.63) is 35.9 Å². The predicted molar refractivity (Wildman–Crippen MR) is 63.7 cm³/mol. The predicted octanol–water partition coefficient (Wildman–Crippen LogP) is 2.75. The summed E-state index contributed by atoms with van der Waals surface area (Å²) in [7, 11) is 0. The van der Waals surface area contributed by atoms with E-state index in [0.717, 1.165) is 19.3 Å². The molecule has 1 aromatic carbocycles. The Morgan fingerprint density at radius 3 is 2.65 bits per heavy atom. The molecule has 3 heteroatoms. The number of esters is 1. The molecule has 0 unspecified atom stereocenters. The lowest BCUT2D eigenvalue weighted by molar-refractivity contribution is -0.127. The largest absolute Gasteiger partial charge is 0.451 e. The molecule has 1 atom stereocenters. The lowest BCUT2D eigenvalue weighted by Gasteiger charge is -2.14. The third-order valence-electron chi connectivity index (χ3n) is 3.01. The van der Waals surface area contributed by atoms with Crippen LogP contribution < -0.4 is 0 Å². The molecule has 0 saturated heterocycles. The first kappa shape index (κ1) is 11.8. The third kappa shape index (κ3) is 3.16. The van der Waals surface area contributed by atoms with Crippen molar-refractivity contribution in [2.45, 2.75) is 38.2 Å². The molecular weight excluding hydrogens is 216 g/mol. The lowest BCUT2D eigenvalue weighted by Crippen LogP contribution is -2.26. The molecule has 1 aliphatic carbocycles. The highest BCUT2D eigenvalue weighted by Crippen LogP contribution is 2.18. The average molecular weight is 232 g/mol. The topological polar surface area (TPSA) is 43.4 Å². The molecular formula is C14H16O3. The zero-order chi connectivity index (χ0) is 12.1. The van der Waals surface area contributed by atoms with Crippen LogP contribution in [0.2, 0.25) is 0 Å². The van der Waals surface area contributed by atoms with E-state index in [1.165, 1.54) is 0 Å². The summed E-state index contributed by atoms with van der Waals surface area (Å²) in [4.78, 5) is 23.5. The molecule has 0 aromatic heterocycles. The number of ketones is 1. The smallest absolute Gasteiger partial charge is 0.338 e. The van der Waals surface area contributed by atoms with Crippen molar-refractivity contribution in [2.24, 2.45) is 0 Å². The summed E-state index contributed by atoms with van der Waals surface area (Å²) in [5.74, 6) is -0.336. The normalized spacial score (nSPS) is 20.7. The zero-order valence-corrected chi connectivity index (χ0v) is 9.72. The second-order valence-electron chi connectivity index (χ2n) is 4.33. The van der Waals surface area contributed by atoms with Crippen molar-refractivity contribution in [1.29, 1.82) is 0 Å². The molecule has 90 valence electrons. The summed E-state index contributed by atoms with van der Waals surface area (Å²) in [6.45, 7) is 0. The molecule has 0 aliphatic heterocycles. The van der Waals surface area contributed by atoms with Gasteiger partial charge in [0.25, 0.3) is 0 Å². The second-order valence-corrected chi connectivity index (χ2v) is 4.33. The fourth-order valence-electron chi connectivity index (χ4n) is 2.02. The highest BCUT2D eigenvalue weighted by molar-refractivity contribution is 5.92. The highest BCUT2D eigenvalue weighted by Gasteiger charge is 2.24. The quantitative estimate of drug-likeness (QED) is 0.581. The molecule has 1 aromatic rings. The fourth-order valence-corrected chi connectivity index (χ4v) is 2.02. The maximum atomic E-state index is 11.8. The monoisotopic (exact) mass is 232 g/mol. The van der Waals surface area contributed by atoms with Crippen LogP contribution in [-0.2, 0) is 9.53 Å². The van der Waals surface area contributed by atoms with Crippen molar-refractivity contribution < 1.29 is 14.3 Å². The molecule has 0 radical (unpaired) electrons. The summed E-state index contributed by atoms with van der Waals surface area (Å²) in [5, 5.41) is 0. The number of hydrogen-bond donors (Lipinski definition) is 0. The molecule has 1 aliphatic rings. The molecule has 17 heavy (non-hydrogen) atoms. The SMILES string of the molecule is O=C(O[C@H]1CCCCCC1=O)c1ccccc1. The number of rotatable bonds is 2. The molecule has 0 N–H and O–H groups in total. The first-order valence-corrected chi connectivity index (χ1v) is 6.06. The van der Waals surface area contributed by atoms with Crippen LogP contribution in [0.3, 0.4) is 0 Å². The van der Waals surface area contributed by atoms with Gasteiger partial charge in [-0.15, -0.1) is 0 Å². The Hall–Kier alpha value is -1.64. The van der Waals surface area contributed by atoms with Crippen molar-refractivity contribution in [3.8, 4) is 0 Å². The van der Waals surface area contributed by atoms with Gasteiger partial charge in [-0.25, -0.2) is 4.79 Å². The minimum absolute atomic E-state index is 0.0618. The highest BCUT2D eigenvalue weighted by atomic mass is 16.5. The van der Waals surface area contributed by atoms with Crippen LogP contribution in [0.15, 0.2) is 30.3 Å². The number of Topliss-reactive ketones (excluding diaryl/α,β-unsaturated/α-hetero) is 1. The van der Waals surface area contributed by atoms with E-state index >= 15 is 0 Å². The van der Waals surface area contributed by atoms with Gasteiger partial charge < -0.3 is 4.74 Å². The van der Waals surface area contributed by atoms with Gasteiger partial charge in [0.15, 0.2) is 11.9 Å². The fraction of sp³-hybridized carbons (Fsp3) is 0.429. The van der Waals surface area contributed by atoms with Crippen molar-refractivity contribution in [2.75, 3.05) is 0 Å². The molecule has 1 saturated carbocycles. The number of hydrogen-bond acceptors (Lipinski definition) is 3. The minimum atomic E-state index is -0.537. The van der Waals surface area contributed by atoms with E-state index in [2.05, 4.69) is 0 Å². The zero-order valence-electron chi connectivity index (χ0n) is 9.72. The van der Waals surface area contributed by atoms with Gasteiger partial charge in [-0.1, -0.05) is 24.6 Å².